The average molecular weight is 195 g/mol. The molecular weight excluding hydrogens is 190 g/mol. The number of rotatable bonds is 1. The summed E-state index contributed by atoms with van der Waals surface area (Å²) in [5.41, 5.74) is 1.01. The largest absolute Gasteiger partial charge is 0.287 e. The van der Waals surface area contributed by atoms with Crippen LogP contribution in [0.4, 0.5) is 0 Å². The number of hydrogen-bond donors (Lipinski definition) is 0. The molecular formula is C8H5NOS2. The molecule has 2 aromatic heterocycles. The summed E-state index contributed by atoms with van der Waals surface area (Å²) in [6.07, 6.45) is 3.48. The molecule has 0 bridgehead atoms. The molecule has 0 atom stereocenters. The van der Waals surface area contributed by atoms with E-state index < -0.39 is 0 Å². The first-order valence-electron chi connectivity index (χ1n) is 3.35. The van der Waals surface area contributed by atoms with Gasteiger partial charge in [0.15, 0.2) is 0 Å². The van der Waals surface area contributed by atoms with E-state index in [9.17, 15) is 4.79 Å². The van der Waals surface area contributed by atoms with E-state index in [1.807, 2.05) is 17.5 Å². The van der Waals surface area contributed by atoms with Gasteiger partial charge in [0.2, 0.25) is 0 Å². The van der Waals surface area contributed by atoms with E-state index in [4.69, 9.17) is 0 Å². The first kappa shape index (κ1) is 7.64. The minimum Gasteiger partial charge on any atom is -0.265 e. The molecule has 2 heterocycles. The minimum absolute atomic E-state index is 0.133. The summed E-state index contributed by atoms with van der Waals surface area (Å²) in [7, 11) is 0. The second kappa shape index (κ2) is 3.16. The van der Waals surface area contributed by atoms with E-state index in [1.54, 1.807) is 12.4 Å². The fourth-order valence-corrected chi connectivity index (χ4v) is 2.58. The Balaban J connectivity index is 2.51. The summed E-state index contributed by atoms with van der Waals surface area (Å²) in [4.78, 5) is 15.9. The number of hydrogen-bond acceptors (Lipinski definition) is 4. The zero-order valence-electron chi connectivity index (χ0n) is 6.06. The normalized spacial score (nSPS) is 10.0. The lowest BCUT2D eigenvalue weighted by molar-refractivity contribution is 1.34. The summed E-state index contributed by atoms with van der Waals surface area (Å²) in [5.74, 6) is 0. The summed E-state index contributed by atoms with van der Waals surface area (Å²) >= 11 is 2.50. The second-order valence-corrected chi connectivity index (χ2v) is 4.31. The van der Waals surface area contributed by atoms with Gasteiger partial charge in [-0.25, -0.2) is 0 Å². The summed E-state index contributed by atoms with van der Waals surface area (Å²) in [5, 5.41) is 1.87. The van der Waals surface area contributed by atoms with Gasteiger partial charge >= 0.3 is 0 Å². The lowest BCUT2D eigenvalue weighted by atomic mass is 10.3. The van der Waals surface area contributed by atoms with Crippen molar-refractivity contribution in [2.45, 2.75) is 0 Å². The van der Waals surface area contributed by atoms with Crippen molar-refractivity contribution in [2.75, 3.05) is 0 Å². The number of nitrogens with zero attached hydrogens (tertiary/aromatic N) is 1. The van der Waals surface area contributed by atoms with Crippen molar-refractivity contribution in [2.24, 2.45) is 0 Å². The first-order chi connectivity index (χ1) is 5.86. The van der Waals surface area contributed by atoms with E-state index in [0.717, 1.165) is 10.4 Å². The molecule has 0 N–H and O–H groups in total. The van der Waals surface area contributed by atoms with Crippen LogP contribution in [0.2, 0.25) is 0 Å². The molecule has 12 heavy (non-hydrogen) atoms. The smallest absolute Gasteiger partial charge is 0.265 e. The third-order valence-electron chi connectivity index (χ3n) is 1.40. The number of aromatic nitrogens is 1. The molecule has 4 heteroatoms. The molecule has 0 aliphatic rings. The van der Waals surface area contributed by atoms with E-state index >= 15 is 0 Å². The molecule has 0 unspecified atom stereocenters. The van der Waals surface area contributed by atoms with Gasteiger partial charge in [0, 0.05) is 23.3 Å². The Hall–Kier alpha value is -1.00. The van der Waals surface area contributed by atoms with Crippen LogP contribution in [0.5, 0.6) is 0 Å². The van der Waals surface area contributed by atoms with Crippen LogP contribution in [0.3, 0.4) is 0 Å². The predicted octanol–water partition coefficient (Wildman–Crippen LogP) is 2.23. The number of pyridine rings is 1. The van der Waals surface area contributed by atoms with Crippen molar-refractivity contribution in [3.63, 3.8) is 0 Å². The molecule has 0 saturated heterocycles. The van der Waals surface area contributed by atoms with Crippen molar-refractivity contribution in [1.82, 2.24) is 4.98 Å². The molecule has 0 radical (unpaired) electrons. The highest BCUT2D eigenvalue weighted by molar-refractivity contribution is 7.28. The zero-order valence-corrected chi connectivity index (χ0v) is 7.69. The molecule has 0 aliphatic carbocycles. The maximum atomic E-state index is 10.9. The molecule has 0 aliphatic heterocycles. The topological polar surface area (TPSA) is 30.0 Å². The van der Waals surface area contributed by atoms with Crippen LogP contribution in [0.15, 0.2) is 34.7 Å². The van der Waals surface area contributed by atoms with Gasteiger partial charge in [0.05, 0.1) is 4.88 Å². The molecule has 0 aromatic carbocycles. The zero-order chi connectivity index (χ0) is 8.39. The van der Waals surface area contributed by atoms with E-state index in [1.165, 1.54) is 22.7 Å². The summed E-state index contributed by atoms with van der Waals surface area (Å²) in [6.45, 7) is 0. The summed E-state index contributed by atoms with van der Waals surface area (Å²) < 4.78 is 0.133. The van der Waals surface area contributed by atoms with Crippen LogP contribution in [0, 0.1) is 0 Å². The highest BCUT2D eigenvalue weighted by Crippen LogP contribution is 2.21. The van der Waals surface area contributed by atoms with Gasteiger partial charge in [-0.3, -0.25) is 9.78 Å². The van der Waals surface area contributed by atoms with E-state index in [0.29, 0.717) is 0 Å². The molecule has 2 aromatic rings. The highest BCUT2D eigenvalue weighted by atomic mass is 32.2. The van der Waals surface area contributed by atoms with Crippen LogP contribution >= 0.6 is 22.7 Å². The molecule has 0 saturated carbocycles. The van der Waals surface area contributed by atoms with Gasteiger partial charge in [-0.15, -0.1) is 0 Å². The third kappa shape index (κ3) is 1.44. The van der Waals surface area contributed by atoms with Gasteiger partial charge < -0.3 is 0 Å². The Morgan fingerprint density at radius 3 is 2.92 bits per heavy atom. The van der Waals surface area contributed by atoms with Crippen LogP contribution in [0.25, 0.3) is 10.4 Å². The minimum atomic E-state index is 0.133. The maximum absolute atomic E-state index is 10.9. The Labute approximate surface area is 77.2 Å². The molecule has 0 amide bonds. The lowest BCUT2D eigenvalue weighted by Crippen LogP contribution is -1.76. The molecule has 2 rings (SSSR count). The summed E-state index contributed by atoms with van der Waals surface area (Å²) in [6, 6.07) is 3.81. The Morgan fingerprint density at radius 2 is 2.33 bits per heavy atom. The average Bonchev–Trinajstić information content (AvgIpc) is 2.54. The van der Waals surface area contributed by atoms with Gasteiger partial charge in [0.1, 0.15) is 0 Å². The van der Waals surface area contributed by atoms with Gasteiger partial charge in [-0.2, -0.15) is 0 Å². The lowest BCUT2D eigenvalue weighted by Gasteiger charge is -1.91. The molecule has 2 nitrogen and oxygen atoms in total. The van der Waals surface area contributed by atoms with Gasteiger partial charge in [-0.1, -0.05) is 28.7 Å². The third-order valence-corrected chi connectivity index (χ3v) is 3.38. The molecule has 60 valence electrons. The van der Waals surface area contributed by atoms with Gasteiger partial charge in [-0.05, 0) is 6.07 Å². The quantitative estimate of drug-likeness (QED) is 0.698. The van der Waals surface area contributed by atoms with Crippen molar-refractivity contribution in [3.8, 4) is 10.4 Å². The second-order valence-electron chi connectivity index (χ2n) is 2.19. The van der Waals surface area contributed by atoms with Crippen molar-refractivity contribution >= 4 is 22.7 Å². The fraction of sp³-hybridized carbons (Fsp3) is 0. The first-order valence-corrected chi connectivity index (χ1v) is 5.05. The van der Waals surface area contributed by atoms with Crippen molar-refractivity contribution < 1.29 is 0 Å². The monoisotopic (exact) mass is 195 g/mol. The predicted molar refractivity (Wildman–Crippen MR) is 51.7 cm³/mol. The highest BCUT2D eigenvalue weighted by Gasteiger charge is 1.99. The Bertz CT molecular complexity index is 418. The van der Waals surface area contributed by atoms with E-state index in [2.05, 4.69) is 4.98 Å². The van der Waals surface area contributed by atoms with Crippen molar-refractivity contribution in [3.05, 3.63) is 38.8 Å². The van der Waals surface area contributed by atoms with Gasteiger partial charge in [0.25, 0.3) is 4.06 Å². The Kier molecular flexibility index (Phi) is 2.01. The Morgan fingerprint density at radius 1 is 1.42 bits per heavy atom. The molecule has 0 fully saturated rings. The van der Waals surface area contributed by atoms with Crippen LogP contribution < -0.4 is 4.06 Å². The van der Waals surface area contributed by atoms with E-state index in [-0.39, 0.29) is 4.06 Å². The van der Waals surface area contributed by atoms with Crippen LogP contribution in [-0.4, -0.2) is 4.98 Å². The fourth-order valence-electron chi connectivity index (χ4n) is 0.875. The van der Waals surface area contributed by atoms with Crippen LogP contribution in [0.1, 0.15) is 0 Å². The van der Waals surface area contributed by atoms with Crippen molar-refractivity contribution in [1.29, 1.82) is 0 Å². The standard InChI is InChI=1S/C8H5NOS2/c10-8-11-5-7(12-8)6-2-1-3-9-4-6/h1-5H. The SMILES string of the molecule is O=c1scc(-c2cccnc2)s1. The molecule has 0 spiro atoms. The maximum Gasteiger partial charge on any atom is 0.287 e. The van der Waals surface area contributed by atoms with Crippen LogP contribution in [-0.2, 0) is 0 Å².